The summed E-state index contributed by atoms with van der Waals surface area (Å²) in [5, 5.41) is 14.4. The van der Waals surface area contributed by atoms with Gasteiger partial charge >= 0.3 is 6.09 Å². The lowest BCUT2D eigenvalue weighted by molar-refractivity contribution is 0.202. The third kappa shape index (κ3) is 6.48. The van der Waals surface area contributed by atoms with Crippen LogP contribution in [0.25, 0.3) is 0 Å². The maximum absolute atomic E-state index is 11.7. The number of benzene rings is 2. The van der Waals surface area contributed by atoms with Crippen molar-refractivity contribution in [1.29, 1.82) is 0 Å². The molecule has 0 fully saturated rings. The Labute approximate surface area is 191 Å². The Balaban J connectivity index is 1.82. The van der Waals surface area contributed by atoms with Crippen molar-refractivity contribution in [3.05, 3.63) is 76.4 Å². The SMILES string of the molecule is Cc1cc(N(CCS(C)(=O)=O)C(=O)O)nn1Cc1cc(Cl)ccc1OCc1ccccc1. The number of aromatic nitrogens is 2. The predicted octanol–water partition coefficient (Wildman–Crippen LogP) is 4.00. The molecule has 1 N–H and O–H groups in total. The lowest BCUT2D eigenvalue weighted by Crippen LogP contribution is -2.34. The first-order chi connectivity index (χ1) is 15.1. The number of halogens is 1. The fraction of sp³-hybridized carbons (Fsp3) is 0.273. The molecule has 0 aliphatic heterocycles. The highest BCUT2D eigenvalue weighted by molar-refractivity contribution is 7.90. The number of aryl methyl sites for hydroxylation is 1. The standard InChI is InChI=1S/C22H24ClN3O5S/c1-16-12-21(25(22(27)28)10-11-32(2,29)30)24-26(16)14-18-13-19(23)8-9-20(18)31-15-17-6-4-3-5-7-17/h3-9,12-13H,10-11,14-15H2,1-2H3,(H,27,28). The van der Waals surface area contributed by atoms with Crippen molar-refractivity contribution < 1.29 is 23.1 Å². The fourth-order valence-corrected chi connectivity index (χ4v) is 3.77. The van der Waals surface area contributed by atoms with E-state index in [0.717, 1.165) is 22.3 Å². The molecule has 0 spiro atoms. The summed E-state index contributed by atoms with van der Waals surface area (Å²) in [5.74, 6) is 0.506. The van der Waals surface area contributed by atoms with Crippen molar-refractivity contribution >= 4 is 33.3 Å². The van der Waals surface area contributed by atoms with Crippen molar-refractivity contribution in [1.82, 2.24) is 9.78 Å². The minimum absolute atomic E-state index is 0.160. The third-order valence-electron chi connectivity index (χ3n) is 4.74. The van der Waals surface area contributed by atoms with E-state index in [1.165, 1.54) is 0 Å². The Bertz CT molecular complexity index is 1200. The van der Waals surface area contributed by atoms with E-state index in [-0.39, 0.29) is 18.1 Å². The van der Waals surface area contributed by atoms with Crippen molar-refractivity contribution in [2.75, 3.05) is 23.5 Å². The van der Waals surface area contributed by atoms with Gasteiger partial charge in [-0.15, -0.1) is 0 Å². The summed E-state index contributed by atoms with van der Waals surface area (Å²) in [7, 11) is -3.32. The predicted molar refractivity (Wildman–Crippen MR) is 123 cm³/mol. The maximum atomic E-state index is 11.7. The van der Waals surface area contributed by atoms with E-state index in [1.807, 2.05) is 30.3 Å². The van der Waals surface area contributed by atoms with Gasteiger partial charge in [-0.25, -0.2) is 13.2 Å². The van der Waals surface area contributed by atoms with E-state index in [2.05, 4.69) is 5.10 Å². The summed E-state index contributed by atoms with van der Waals surface area (Å²) < 4.78 is 30.5. The van der Waals surface area contributed by atoms with E-state index in [4.69, 9.17) is 16.3 Å². The number of amides is 1. The number of nitrogens with zero attached hydrogens (tertiary/aromatic N) is 3. The van der Waals surface area contributed by atoms with Gasteiger partial charge in [0.25, 0.3) is 0 Å². The number of sulfone groups is 1. The first-order valence-electron chi connectivity index (χ1n) is 9.80. The quantitative estimate of drug-likeness (QED) is 0.499. The number of anilines is 1. The Morgan fingerprint density at radius 2 is 1.91 bits per heavy atom. The van der Waals surface area contributed by atoms with E-state index in [0.29, 0.717) is 29.6 Å². The molecular weight excluding hydrogens is 454 g/mol. The van der Waals surface area contributed by atoms with Crippen LogP contribution in [0.4, 0.5) is 10.6 Å². The molecule has 10 heteroatoms. The molecule has 1 aromatic heterocycles. The first kappa shape index (κ1) is 23.6. The molecular formula is C22H24ClN3O5S. The molecule has 1 heterocycles. The van der Waals surface area contributed by atoms with Crippen LogP contribution in [0, 0.1) is 6.92 Å². The van der Waals surface area contributed by atoms with Gasteiger partial charge in [0, 0.05) is 35.1 Å². The van der Waals surface area contributed by atoms with Gasteiger partial charge in [-0.05, 0) is 30.7 Å². The summed E-state index contributed by atoms with van der Waals surface area (Å²) in [6.45, 7) is 2.28. The Kier molecular flexibility index (Phi) is 7.42. The Hall–Kier alpha value is -3.04. The molecule has 0 atom stereocenters. The molecule has 2 aromatic carbocycles. The highest BCUT2D eigenvalue weighted by atomic mass is 35.5. The van der Waals surface area contributed by atoms with Gasteiger partial charge < -0.3 is 9.84 Å². The molecule has 0 aliphatic carbocycles. The highest BCUT2D eigenvalue weighted by Crippen LogP contribution is 2.26. The van der Waals surface area contributed by atoms with E-state index < -0.39 is 15.9 Å². The molecule has 0 saturated heterocycles. The minimum Gasteiger partial charge on any atom is -0.489 e. The van der Waals surface area contributed by atoms with Crippen LogP contribution in [0.15, 0.2) is 54.6 Å². The number of ether oxygens (including phenoxy) is 1. The third-order valence-corrected chi connectivity index (χ3v) is 5.90. The van der Waals surface area contributed by atoms with Gasteiger partial charge in [0.2, 0.25) is 0 Å². The van der Waals surface area contributed by atoms with Gasteiger partial charge in [-0.2, -0.15) is 5.10 Å². The molecule has 0 aliphatic rings. The monoisotopic (exact) mass is 477 g/mol. The Morgan fingerprint density at radius 1 is 1.19 bits per heavy atom. The van der Waals surface area contributed by atoms with Crippen LogP contribution in [0.2, 0.25) is 5.02 Å². The molecule has 170 valence electrons. The first-order valence-corrected chi connectivity index (χ1v) is 12.2. The second-order valence-corrected chi connectivity index (χ2v) is 10.1. The number of carbonyl (C=O) groups is 1. The average Bonchev–Trinajstić information content (AvgIpc) is 3.07. The number of hydrogen-bond donors (Lipinski definition) is 1. The summed E-state index contributed by atoms with van der Waals surface area (Å²) in [5.41, 5.74) is 2.51. The largest absolute Gasteiger partial charge is 0.489 e. The second-order valence-electron chi connectivity index (χ2n) is 7.39. The van der Waals surface area contributed by atoms with Crippen molar-refractivity contribution in [3.63, 3.8) is 0 Å². The van der Waals surface area contributed by atoms with E-state index in [9.17, 15) is 18.3 Å². The van der Waals surface area contributed by atoms with Gasteiger partial charge in [-0.1, -0.05) is 41.9 Å². The van der Waals surface area contributed by atoms with Crippen molar-refractivity contribution in [2.45, 2.75) is 20.1 Å². The maximum Gasteiger partial charge on any atom is 0.413 e. The number of carboxylic acid groups (broad SMARTS) is 1. The van der Waals surface area contributed by atoms with Crippen molar-refractivity contribution in [3.8, 4) is 5.75 Å². The van der Waals surface area contributed by atoms with Crippen LogP contribution < -0.4 is 9.64 Å². The molecule has 8 nitrogen and oxygen atoms in total. The molecule has 0 unspecified atom stereocenters. The molecule has 0 bridgehead atoms. The minimum atomic E-state index is -3.32. The second kappa shape index (κ2) is 10.1. The topological polar surface area (TPSA) is 102 Å². The van der Waals surface area contributed by atoms with Crippen LogP contribution in [0.3, 0.4) is 0 Å². The van der Waals surface area contributed by atoms with Gasteiger partial charge in [-0.3, -0.25) is 9.58 Å². The smallest absolute Gasteiger partial charge is 0.413 e. The zero-order valence-electron chi connectivity index (χ0n) is 17.7. The zero-order valence-corrected chi connectivity index (χ0v) is 19.3. The van der Waals surface area contributed by atoms with Crippen LogP contribution in [0.1, 0.15) is 16.8 Å². The van der Waals surface area contributed by atoms with Crippen LogP contribution >= 0.6 is 11.6 Å². The van der Waals surface area contributed by atoms with E-state index in [1.54, 1.807) is 35.9 Å². The van der Waals surface area contributed by atoms with Crippen LogP contribution in [0.5, 0.6) is 5.75 Å². The van der Waals surface area contributed by atoms with Crippen molar-refractivity contribution in [2.24, 2.45) is 0 Å². The molecule has 0 saturated carbocycles. The van der Waals surface area contributed by atoms with Crippen LogP contribution in [-0.4, -0.2) is 48.0 Å². The molecule has 3 aromatic rings. The van der Waals surface area contributed by atoms with Gasteiger partial charge in [0.15, 0.2) is 5.82 Å². The van der Waals surface area contributed by atoms with Gasteiger partial charge in [0.05, 0.1) is 12.3 Å². The summed E-state index contributed by atoms with van der Waals surface area (Å²) in [6, 6.07) is 16.7. The molecule has 3 rings (SSSR count). The zero-order chi connectivity index (χ0) is 23.3. The fourth-order valence-electron chi connectivity index (χ4n) is 3.06. The van der Waals surface area contributed by atoms with E-state index >= 15 is 0 Å². The average molecular weight is 478 g/mol. The molecule has 0 radical (unpaired) electrons. The lowest BCUT2D eigenvalue weighted by atomic mass is 10.2. The Morgan fingerprint density at radius 3 is 2.56 bits per heavy atom. The van der Waals surface area contributed by atoms with Gasteiger partial charge in [0.1, 0.15) is 22.2 Å². The molecule has 32 heavy (non-hydrogen) atoms. The summed E-state index contributed by atoms with van der Waals surface area (Å²) in [4.78, 5) is 12.6. The summed E-state index contributed by atoms with van der Waals surface area (Å²) >= 11 is 6.19. The molecule has 1 amide bonds. The summed E-state index contributed by atoms with van der Waals surface area (Å²) in [6.07, 6.45) is -0.208. The normalized spacial score (nSPS) is 11.3. The number of rotatable bonds is 9. The lowest BCUT2D eigenvalue weighted by Gasteiger charge is -2.16. The highest BCUT2D eigenvalue weighted by Gasteiger charge is 2.21. The number of hydrogen-bond acceptors (Lipinski definition) is 5. The van der Waals surface area contributed by atoms with Crippen LogP contribution in [-0.2, 0) is 23.0 Å².